The fraction of sp³-hybridized carbons (Fsp3) is 0.421. The Morgan fingerprint density at radius 1 is 1.23 bits per heavy atom. The highest BCUT2D eigenvalue weighted by molar-refractivity contribution is 7.99. The van der Waals surface area contributed by atoms with Gasteiger partial charge in [0.25, 0.3) is 5.22 Å². The third-order valence-electron chi connectivity index (χ3n) is 4.63. The number of aromatic nitrogens is 2. The average molecular weight is 388 g/mol. The molecule has 0 atom stereocenters. The molecule has 1 aliphatic rings. The Morgan fingerprint density at radius 3 is 2.92 bits per heavy atom. The summed E-state index contributed by atoms with van der Waals surface area (Å²) in [5, 5.41) is 6.60. The molecule has 7 heteroatoms. The van der Waals surface area contributed by atoms with Gasteiger partial charge in [0, 0.05) is 11.3 Å². The lowest BCUT2D eigenvalue weighted by Crippen LogP contribution is -2.24. The van der Waals surface area contributed by atoms with Gasteiger partial charge in [0.2, 0.25) is 5.91 Å². The van der Waals surface area contributed by atoms with Crippen molar-refractivity contribution < 1.29 is 9.21 Å². The minimum Gasteiger partial charge on any atom is -0.431 e. The highest BCUT2D eigenvalue weighted by atomic mass is 32.2. The Balaban J connectivity index is 1.25. The van der Waals surface area contributed by atoms with Crippen LogP contribution in [0.2, 0.25) is 0 Å². The highest BCUT2D eigenvalue weighted by Crippen LogP contribution is 2.33. The summed E-state index contributed by atoms with van der Waals surface area (Å²) in [5.41, 5.74) is 2.77. The number of carbonyl (C=O) groups is 1. The smallest absolute Gasteiger partial charge is 0.257 e. The molecular weight excluding hydrogens is 366 g/mol. The minimum atomic E-state index is -0.0355. The molecule has 0 bridgehead atoms. The molecule has 2 aromatic heterocycles. The number of nitrogens with one attached hydrogen (secondary N) is 1. The number of amides is 1. The van der Waals surface area contributed by atoms with Crippen molar-refractivity contribution in [1.29, 1.82) is 0 Å². The van der Waals surface area contributed by atoms with Gasteiger partial charge < -0.3 is 9.73 Å². The first kappa shape index (κ1) is 17.5. The van der Waals surface area contributed by atoms with E-state index in [-0.39, 0.29) is 11.7 Å². The van der Waals surface area contributed by atoms with E-state index in [1.165, 1.54) is 49.6 Å². The molecule has 1 aromatic carbocycles. The number of hydrogen-bond acceptors (Lipinski definition) is 6. The van der Waals surface area contributed by atoms with Crippen LogP contribution in [0.3, 0.4) is 0 Å². The van der Waals surface area contributed by atoms with E-state index in [0.717, 1.165) is 16.1 Å². The molecule has 5 nitrogen and oxygen atoms in total. The van der Waals surface area contributed by atoms with E-state index < -0.39 is 0 Å². The maximum absolute atomic E-state index is 12.1. The molecule has 136 valence electrons. The van der Waals surface area contributed by atoms with Crippen molar-refractivity contribution in [2.45, 2.75) is 49.8 Å². The zero-order chi connectivity index (χ0) is 17.8. The quantitative estimate of drug-likeness (QED) is 0.619. The first-order chi connectivity index (χ1) is 12.8. The first-order valence-electron chi connectivity index (χ1n) is 8.97. The van der Waals surface area contributed by atoms with Crippen LogP contribution >= 0.6 is 23.1 Å². The predicted molar refractivity (Wildman–Crippen MR) is 105 cm³/mol. The SMILES string of the molecule is O=C(CSc1nc2ccccc2o1)NCc1nc(C2CCCCC2)cs1. The third kappa shape index (κ3) is 4.27. The molecule has 0 spiro atoms. The molecule has 26 heavy (non-hydrogen) atoms. The zero-order valence-electron chi connectivity index (χ0n) is 14.4. The largest absolute Gasteiger partial charge is 0.431 e. The van der Waals surface area contributed by atoms with Gasteiger partial charge in [0.1, 0.15) is 10.5 Å². The standard InChI is InChI=1S/C19H21N3O2S2/c23-17(12-26-19-22-14-8-4-5-9-16(14)24-19)20-10-18-21-15(11-25-18)13-6-2-1-3-7-13/h4-5,8-9,11,13H,1-3,6-7,10,12H2,(H,20,23). The maximum Gasteiger partial charge on any atom is 0.257 e. The minimum absolute atomic E-state index is 0.0355. The lowest BCUT2D eigenvalue weighted by Gasteiger charge is -2.19. The number of benzene rings is 1. The summed E-state index contributed by atoms with van der Waals surface area (Å²) in [7, 11) is 0. The van der Waals surface area contributed by atoms with Gasteiger partial charge in [0.05, 0.1) is 18.0 Å². The number of nitrogens with zero attached hydrogens (tertiary/aromatic N) is 2. The van der Waals surface area contributed by atoms with E-state index in [9.17, 15) is 4.79 Å². The Bertz CT molecular complexity index is 851. The van der Waals surface area contributed by atoms with Gasteiger partial charge in [-0.2, -0.15) is 0 Å². The molecule has 1 saturated carbocycles. The summed E-state index contributed by atoms with van der Waals surface area (Å²) in [6.07, 6.45) is 6.46. The van der Waals surface area contributed by atoms with Crippen molar-refractivity contribution in [3.8, 4) is 0 Å². The second kappa shape index (κ2) is 8.22. The Morgan fingerprint density at radius 2 is 2.08 bits per heavy atom. The molecule has 1 N–H and O–H groups in total. The van der Waals surface area contributed by atoms with Gasteiger partial charge in [-0.1, -0.05) is 43.2 Å². The van der Waals surface area contributed by atoms with Crippen molar-refractivity contribution in [2.24, 2.45) is 0 Å². The lowest BCUT2D eigenvalue weighted by atomic mass is 9.87. The number of thiazole rings is 1. The highest BCUT2D eigenvalue weighted by Gasteiger charge is 2.18. The molecule has 0 unspecified atom stereocenters. The molecule has 0 aliphatic heterocycles. The molecule has 2 heterocycles. The third-order valence-corrected chi connectivity index (χ3v) is 6.33. The summed E-state index contributed by atoms with van der Waals surface area (Å²) in [5.74, 6) is 0.860. The molecule has 0 radical (unpaired) electrons. The van der Waals surface area contributed by atoms with Crippen LogP contribution in [-0.4, -0.2) is 21.6 Å². The number of thioether (sulfide) groups is 1. The number of hydrogen-bond donors (Lipinski definition) is 1. The van der Waals surface area contributed by atoms with Gasteiger partial charge in [0.15, 0.2) is 5.58 Å². The van der Waals surface area contributed by atoms with Gasteiger partial charge in [-0.15, -0.1) is 11.3 Å². The summed E-state index contributed by atoms with van der Waals surface area (Å²) < 4.78 is 5.61. The van der Waals surface area contributed by atoms with Crippen molar-refractivity contribution in [3.63, 3.8) is 0 Å². The number of carbonyl (C=O) groups excluding carboxylic acids is 1. The molecule has 1 amide bonds. The van der Waals surface area contributed by atoms with Crippen LogP contribution in [-0.2, 0) is 11.3 Å². The predicted octanol–water partition coefficient (Wildman–Crippen LogP) is 4.74. The van der Waals surface area contributed by atoms with Crippen molar-refractivity contribution >= 4 is 40.1 Å². The van der Waals surface area contributed by atoms with Crippen LogP contribution in [0, 0.1) is 0 Å². The topological polar surface area (TPSA) is 68.0 Å². The van der Waals surface area contributed by atoms with E-state index in [1.807, 2.05) is 24.3 Å². The van der Waals surface area contributed by atoms with E-state index in [4.69, 9.17) is 9.40 Å². The first-order valence-corrected chi connectivity index (χ1v) is 10.8. The number of fused-ring (bicyclic) bond motifs is 1. The van der Waals surface area contributed by atoms with Crippen molar-refractivity contribution in [3.05, 3.63) is 40.3 Å². The van der Waals surface area contributed by atoms with Crippen LogP contribution in [0.4, 0.5) is 0 Å². The fourth-order valence-electron chi connectivity index (χ4n) is 3.26. The second-order valence-electron chi connectivity index (χ2n) is 6.51. The van der Waals surface area contributed by atoms with Crippen LogP contribution in [0.15, 0.2) is 39.3 Å². The molecule has 1 aliphatic carbocycles. The summed E-state index contributed by atoms with van der Waals surface area (Å²) in [6, 6.07) is 7.60. The molecule has 4 rings (SSSR count). The van der Waals surface area contributed by atoms with Gasteiger partial charge >= 0.3 is 0 Å². The molecular formula is C19H21N3O2S2. The molecule has 0 saturated heterocycles. The van der Waals surface area contributed by atoms with Crippen molar-refractivity contribution in [2.75, 3.05) is 5.75 Å². The summed E-state index contributed by atoms with van der Waals surface area (Å²) in [4.78, 5) is 21.2. The number of rotatable bonds is 6. The number of para-hydroxylation sites is 2. The van der Waals surface area contributed by atoms with Crippen LogP contribution < -0.4 is 5.32 Å². The van der Waals surface area contributed by atoms with E-state index in [2.05, 4.69) is 15.7 Å². The van der Waals surface area contributed by atoms with E-state index in [0.29, 0.717) is 17.7 Å². The Labute approximate surface area is 160 Å². The second-order valence-corrected chi connectivity index (χ2v) is 8.38. The maximum atomic E-state index is 12.1. The summed E-state index contributed by atoms with van der Waals surface area (Å²) in [6.45, 7) is 0.490. The monoisotopic (exact) mass is 387 g/mol. The average Bonchev–Trinajstić information content (AvgIpc) is 3.32. The summed E-state index contributed by atoms with van der Waals surface area (Å²) >= 11 is 2.95. The lowest BCUT2D eigenvalue weighted by molar-refractivity contribution is -0.118. The van der Waals surface area contributed by atoms with Crippen LogP contribution in [0.1, 0.15) is 48.7 Å². The Kier molecular flexibility index (Phi) is 5.55. The van der Waals surface area contributed by atoms with Gasteiger partial charge in [-0.05, 0) is 25.0 Å². The number of oxazole rings is 1. The molecule has 3 aromatic rings. The van der Waals surface area contributed by atoms with Crippen molar-refractivity contribution in [1.82, 2.24) is 15.3 Å². The zero-order valence-corrected chi connectivity index (χ0v) is 16.1. The van der Waals surface area contributed by atoms with Crippen LogP contribution in [0.25, 0.3) is 11.1 Å². The van der Waals surface area contributed by atoms with Gasteiger partial charge in [-0.25, -0.2) is 9.97 Å². The van der Waals surface area contributed by atoms with Crippen LogP contribution in [0.5, 0.6) is 0 Å². The fourth-order valence-corrected chi connectivity index (χ4v) is 4.74. The van der Waals surface area contributed by atoms with Gasteiger partial charge in [-0.3, -0.25) is 4.79 Å². The van der Waals surface area contributed by atoms with E-state index >= 15 is 0 Å². The normalized spacial score (nSPS) is 15.4. The Hall–Kier alpha value is -1.86. The molecule has 1 fully saturated rings. The van der Waals surface area contributed by atoms with E-state index in [1.54, 1.807) is 11.3 Å².